The van der Waals surface area contributed by atoms with Crippen molar-refractivity contribution in [1.29, 1.82) is 0 Å². The lowest BCUT2D eigenvalue weighted by molar-refractivity contribution is 0.722. The molecule has 0 bridgehead atoms. The highest BCUT2D eigenvalue weighted by atomic mass is 32.2. The lowest BCUT2D eigenvalue weighted by atomic mass is 9.67. The van der Waals surface area contributed by atoms with Gasteiger partial charge in [-0.25, -0.2) is 9.97 Å². The highest BCUT2D eigenvalue weighted by Crippen LogP contribution is 2.62. The summed E-state index contributed by atoms with van der Waals surface area (Å²) in [5.74, 6) is 0.717. The second-order valence-corrected chi connectivity index (χ2v) is 16.3. The van der Waals surface area contributed by atoms with E-state index in [0.717, 1.165) is 40.1 Å². The fourth-order valence-corrected chi connectivity index (χ4v) is 11.0. The molecule has 9 aromatic rings. The Hall–Kier alpha value is -6.81. The molecule has 0 fully saturated rings. The third-order valence-corrected chi connectivity index (χ3v) is 13.3. The van der Waals surface area contributed by atoms with E-state index in [1.807, 2.05) is 17.8 Å². The topological polar surface area (TPSA) is 25.8 Å². The zero-order valence-corrected chi connectivity index (χ0v) is 31.8. The zero-order chi connectivity index (χ0) is 37.5. The molecule has 2 nitrogen and oxygen atoms in total. The van der Waals surface area contributed by atoms with E-state index in [0.29, 0.717) is 5.82 Å². The van der Waals surface area contributed by atoms with Crippen LogP contribution < -0.4 is 0 Å². The van der Waals surface area contributed by atoms with Crippen LogP contribution in [0.1, 0.15) is 33.4 Å². The van der Waals surface area contributed by atoms with E-state index in [-0.39, 0.29) is 0 Å². The predicted octanol–water partition coefficient (Wildman–Crippen LogP) is 13.7. The van der Waals surface area contributed by atoms with Gasteiger partial charge in [0, 0.05) is 26.5 Å². The highest BCUT2D eigenvalue weighted by molar-refractivity contribution is 7.99. The van der Waals surface area contributed by atoms with Crippen molar-refractivity contribution in [2.75, 3.05) is 0 Å². The maximum absolute atomic E-state index is 5.31. The van der Waals surface area contributed by atoms with Gasteiger partial charge in [-0.2, -0.15) is 0 Å². The van der Waals surface area contributed by atoms with E-state index < -0.39 is 5.41 Å². The largest absolute Gasteiger partial charge is 0.228 e. The summed E-state index contributed by atoms with van der Waals surface area (Å²) in [6.07, 6.45) is 5.48. The Bertz CT molecular complexity index is 3100. The van der Waals surface area contributed by atoms with Crippen molar-refractivity contribution in [1.82, 2.24) is 9.97 Å². The minimum absolute atomic E-state index is 0.399. The number of nitrogens with zero attached hydrogens (tertiary/aromatic N) is 2. The normalized spacial score (nSPS) is 13.9. The number of fused-ring (bicyclic) bond motifs is 9. The van der Waals surface area contributed by atoms with Gasteiger partial charge in [-0.1, -0.05) is 176 Å². The number of rotatable bonds is 4. The average molecular weight is 743 g/mol. The molecule has 0 saturated heterocycles. The Morgan fingerprint density at radius 1 is 0.439 bits per heavy atom. The van der Waals surface area contributed by atoms with Gasteiger partial charge in [0.1, 0.15) is 0 Å². The van der Waals surface area contributed by atoms with Crippen molar-refractivity contribution in [3.8, 4) is 56.2 Å². The van der Waals surface area contributed by atoms with Crippen LogP contribution in [0.3, 0.4) is 0 Å². The van der Waals surface area contributed by atoms with Crippen molar-refractivity contribution >= 4 is 28.6 Å². The summed E-state index contributed by atoms with van der Waals surface area (Å²) in [7, 11) is 0. The second-order valence-electron chi connectivity index (χ2n) is 15.2. The number of aromatic nitrogens is 2. The van der Waals surface area contributed by atoms with Crippen molar-refractivity contribution in [3.05, 3.63) is 221 Å². The maximum atomic E-state index is 5.31. The Labute approximate surface area is 336 Å². The first-order valence-corrected chi connectivity index (χ1v) is 20.4. The van der Waals surface area contributed by atoms with Gasteiger partial charge in [0.2, 0.25) is 0 Å². The molecule has 1 aliphatic heterocycles. The van der Waals surface area contributed by atoms with Gasteiger partial charge in [-0.3, -0.25) is 0 Å². The summed E-state index contributed by atoms with van der Waals surface area (Å²) in [5.41, 5.74) is 17.5. The minimum Gasteiger partial charge on any atom is -0.228 e. The molecule has 0 saturated carbocycles. The van der Waals surface area contributed by atoms with Gasteiger partial charge in [0.05, 0.1) is 16.8 Å². The van der Waals surface area contributed by atoms with E-state index in [1.165, 1.54) is 70.6 Å². The number of hydrogen-bond acceptors (Lipinski definition) is 3. The molecule has 0 N–H and O–H groups in total. The van der Waals surface area contributed by atoms with E-state index in [4.69, 9.17) is 9.97 Å². The van der Waals surface area contributed by atoms with Gasteiger partial charge >= 0.3 is 0 Å². The average Bonchev–Trinajstić information content (AvgIpc) is 3.57. The SMILES string of the molecule is C1=Cc2cc(-c3cc(-c4ccccc4-c4ccc5c(c4)Sc4ccccc4C54c5ccccc5-c5ccccc54)nc(-c4ccccc4)n3)cc3cccc(c23)C1. The molecule has 0 unspecified atom stereocenters. The minimum atomic E-state index is -0.399. The number of allylic oxidation sites excluding steroid dienone is 1. The first-order valence-electron chi connectivity index (χ1n) is 19.6. The molecule has 266 valence electrons. The van der Waals surface area contributed by atoms with Gasteiger partial charge in [0.25, 0.3) is 0 Å². The van der Waals surface area contributed by atoms with Crippen LogP contribution in [0.2, 0.25) is 0 Å². The van der Waals surface area contributed by atoms with E-state index in [9.17, 15) is 0 Å². The second kappa shape index (κ2) is 12.6. The van der Waals surface area contributed by atoms with Crippen molar-refractivity contribution in [3.63, 3.8) is 0 Å². The molecule has 0 radical (unpaired) electrons. The fourth-order valence-electron chi connectivity index (χ4n) is 9.74. The molecule has 0 amide bonds. The lowest BCUT2D eigenvalue weighted by Crippen LogP contribution is -2.31. The Morgan fingerprint density at radius 3 is 1.91 bits per heavy atom. The highest BCUT2D eigenvalue weighted by Gasteiger charge is 2.50. The molecule has 1 aromatic heterocycles. The van der Waals surface area contributed by atoms with Gasteiger partial charge < -0.3 is 0 Å². The predicted molar refractivity (Wildman–Crippen MR) is 235 cm³/mol. The van der Waals surface area contributed by atoms with Crippen LogP contribution in [0.15, 0.2) is 198 Å². The van der Waals surface area contributed by atoms with Crippen molar-refractivity contribution in [2.45, 2.75) is 21.6 Å². The molecule has 8 aromatic carbocycles. The van der Waals surface area contributed by atoms with Crippen LogP contribution in [0.4, 0.5) is 0 Å². The summed E-state index contributed by atoms with van der Waals surface area (Å²) >= 11 is 1.88. The van der Waals surface area contributed by atoms with E-state index in [1.54, 1.807) is 0 Å². The van der Waals surface area contributed by atoms with Gasteiger partial charge in [-0.15, -0.1) is 0 Å². The summed E-state index contributed by atoms with van der Waals surface area (Å²) in [6, 6.07) is 66.6. The van der Waals surface area contributed by atoms with Crippen LogP contribution in [-0.2, 0) is 11.8 Å². The van der Waals surface area contributed by atoms with Crippen molar-refractivity contribution < 1.29 is 0 Å². The van der Waals surface area contributed by atoms with Crippen LogP contribution in [0.5, 0.6) is 0 Å². The van der Waals surface area contributed by atoms with Crippen LogP contribution in [0, 0.1) is 0 Å². The zero-order valence-electron chi connectivity index (χ0n) is 31.0. The lowest BCUT2D eigenvalue weighted by Gasteiger charge is -2.39. The summed E-state index contributed by atoms with van der Waals surface area (Å²) in [5, 5.41) is 2.58. The molecular formula is C54H34N2S. The first-order chi connectivity index (χ1) is 28.2. The quantitative estimate of drug-likeness (QED) is 0.180. The Balaban J connectivity index is 1.05. The number of benzene rings is 8. The molecular weight excluding hydrogens is 709 g/mol. The summed E-state index contributed by atoms with van der Waals surface area (Å²) < 4.78 is 0. The molecule has 0 atom stereocenters. The van der Waals surface area contributed by atoms with Crippen LogP contribution in [0.25, 0.3) is 73.0 Å². The van der Waals surface area contributed by atoms with E-state index in [2.05, 4.69) is 188 Å². The molecule has 57 heavy (non-hydrogen) atoms. The van der Waals surface area contributed by atoms with E-state index >= 15 is 0 Å². The fraction of sp³-hybridized carbons (Fsp3) is 0.0370. The Kier molecular flexibility index (Phi) is 7.17. The molecule has 12 rings (SSSR count). The molecule has 2 aliphatic carbocycles. The van der Waals surface area contributed by atoms with Gasteiger partial charge in [-0.05, 0) is 103 Å². The molecule has 2 heterocycles. The third kappa shape index (κ3) is 4.86. The third-order valence-electron chi connectivity index (χ3n) is 12.1. The summed E-state index contributed by atoms with van der Waals surface area (Å²) in [6.45, 7) is 0. The smallest absolute Gasteiger partial charge is 0.160 e. The molecule has 3 heteroatoms. The first kappa shape index (κ1) is 32.4. The van der Waals surface area contributed by atoms with Crippen molar-refractivity contribution in [2.24, 2.45) is 0 Å². The monoisotopic (exact) mass is 742 g/mol. The molecule has 3 aliphatic rings. The van der Waals surface area contributed by atoms with Crippen LogP contribution in [-0.4, -0.2) is 9.97 Å². The maximum Gasteiger partial charge on any atom is 0.160 e. The van der Waals surface area contributed by atoms with Gasteiger partial charge in [0.15, 0.2) is 5.82 Å². The Morgan fingerprint density at radius 2 is 1.11 bits per heavy atom. The summed E-state index contributed by atoms with van der Waals surface area (Å²) in [4.78, 5) is 13.1. The number of hydrogen-bond donors (Lipinski definition) is 0. The van der Waals surface area contributed by atoms with Crippen LogP contribution >= 0.6 is 11.8 Å². The molecule has 1 spiro atoms. The standard InChI is InChI=1S/C54H34N2S/c1-2-14-35(15-3-1)53-55-48(39-30-37-18-12-16-34-17-13-19-38(31-39)52(34)37)33-49(56-53)43-23-5-4-20-40(43)36-28-29-47-51(32-36)57-50-27-11-10-26-46(50)54(47)44-24-8-6-21-41(44)42-22-7-9-25-45(42)54/h1-16,18-33H,17H2.